The zero-order valence-electron chi connectivity index (χ0n) is 12.3. The van der Waals surface area contributed by atoms with Gasteiger partial charge in [0.05, 0.1) is 24.7 Å². The summed E-state index contributed by atoms with van der Waals surface area (Å²) in [6.45, 7) is 4.48. The molecular formula is C16H24O4. The van der Waals surface area contributed by atoms with Gasteiger partial charge >= 0.3 is 5.97 Å². The van der Waals surface area contributed by atoms with E-state index >= 15 is 0 Å². The molecule has 0 aromatic rings. The van der Waals surface area contributed by atoms with Crippen molar-refractivity contribution in [3.63, 3.8) is 0 Å². The molecule has 2 rings (SSSR count). The van der Waals surface area contributed by atoms with Gasteiger partial charge in [-0.3, -0.25) is 4.79 Å². The first-order chi connectivity index (χ1) is 9.69. The number of esters is 1. The first-order valence-electron chi connectivity index (χ1n) is 7.49. The van der Waals surface area contributed by atoms with Crippen molar-refractivity contribution in [2.75, 3.05) is 6.61 Å². The van der Waals surface area contributed by atoms with Crippen molar-refractivity contribution in [2.24, 2.45) is 0 Å². The van der Waals surface area contributed by atoms with E-state index in [-0.39, 0.29) is 36.8 Å². The van der Waals surface area contributed by atoms with Gasteiger partial charge in [0.2, 0.25) is 0 Å². The predicted molar refractivity (Wildman–Crippen MR) is 76.4 cm³/mol. The Morgan fingerprint density at radius 1 is 1.35 bits per heavy atom. The van der Waals surface area contributed by atoms with E-state index in [2.05, 4.69) is 12.2 Å². The second-order valence-corrected chi connectivity index (χ2v) is 5.31. The third kappa shape index (κ3) is 4.46. The summed E-state index contributed by atoms with van der Waals surface area (Å²) in [4.78, 5) is 12.0. The summed E-state index contributed by atoms with van der Waals surface area (Å²) in [6.07, 6.45) is 10.8. The minimum atomic E-state index is -0.252. The number of hydrogen-bond acceptors (Lipinski definition) is 4. The highest BCUT2D eigenvalue weighted by Crippen LogP contribution is 2.22. The molecule has 20 heavy (non-hydrogen) atoms. The average Bonchev–Trinajstić information content (AvgIpc) is 2.40. The standard InChI is InChI=1S/C16H24O4/c1-3-18-14-10-9-13-8-6-4-5-7-12(2)19-16(17)11-15(14)20-13/h4,6,9-10,12-15H,3,5,7-8,11H2,1-2H3/b6-4-/t12-,13+,14-,15-/m0/s1. The van der Waals surface area contributed by atoms with Crippen molar-refractivity contribution in [1.29, 1.82) is 0 Å². The Hall–Kier alpha value is -1.13. The monoisotopic (exact) mass is 280 g/mol. The molecule has 2 aliphatic heterocycles. The summed E-state index contributed by atoms with van der Waals surface area (Å²) in [5.74, 6) is -0.203. The SMILES string of the molecule is CCO[C@H]1C=C[C@H]2C/C=C\CC[C@H](C)OC(=O)C[C@@H]1O2. The molecule has 0 amide bonds. The Bertz CT molecular complexity index is 375. The fourth-order valence-corrected chi connectivity index (χ4v) is 2.53. The lowest BCUT2D eigenvalue weighted by atomic mass is 10.0. The van der Waals surface area contributed by atoms with E-state index in [1.807, 2.05) is 26.0 Å². The molecule has 4 atom stereocenters. The van der Waals surface area contributed by atoms with Crippen molar-refractivity contribution < 1.29 is 19.0 Å². The van der Waals surface area contributed by atoms with E-state index in [1.165, 1.54) is 0 Å². The van der Waals surface area contributed by atoms with Crippen molar-refractivity contribution in [3.8, 4) is 0 Å². The lowest BCUT2D eigenvalue weighted by Crippen LogP contribution is -2.39. The average molecular weight is 280 g/mol. The Kier molecular flexibility index (Phi) is 5.80. The fraction of sp³-hybridized carbons (Fsp3) is 0.688. The van der Waals surface area contributed by atoms with Crippen LogP contribution in [0.2, 0.25) is 0 Å². The third-order valence-corrected chi connectivity index (χ3v) is 3.57. The molecule has 0 aromatic heterocycles. The molecule has 0 radical (unpaired) electrons. The number of ether oxygens (including phenoxy) is 3. The number of allylic oxidation sites excluding steroid dienone is 1. The zero-order valence-corrected chi connectivity index (χ0v) is 12.3. The van der Waals surface area contributed by atoms with Gasteiger partial charge in [-0.25, -0.2) is 0 Å². The Balaban J connectivity index is 2.09. The Morgan fingerprint density at radius 3 is 3.00 bits per heavy atom. The number of rotatable bonds is 2. The smallest absolute Gasteiger partial charge is 0.308 e. The molecule has 112 valence electrons. The minimum absolute atomic E-state index is 0.0256. The molecule has 0 N–H and O–H groups in total. The maximum atomic E-state index is 12.0. The van der Waals surface area contributed by atoms with Gasteiger partial charge in [-0.05, 0) is 33.1 Å². The summed E-state index contributed by atoms with van der Waals surface area (Å²) >= 11 is 0. The Morgan fingerprint density at radius 2 is 2.20 bits per heavy atom. The highest BCUT2D eigenvalue weighted by atomic mass is 16.6. The van der Waals surface area contributed by atoms with Crippen molar-refractivity contribution in [3.05, 3.63) is 24.3 Å². The maximum absolute atomic E-state index is 12.0. The van der Waals surface area contributed by atoms with Crippen LogP contribution in [0, 0.1) is 0 Å². The van der Waals surface area contributed by atoms with Crippen LogP contribution in [0.3, 0.4) is 0 Å². The van der Waals surface area contributed by atoms with Gasteiger partial charge in [-0.2, -0.15) is 0 Å². The summed E-state index contributed by atoms with van der Waals surface area (Å²) in [7, 11) is 0. The molecule has 2 aliphatic rings. The van der Waals surface area contributed by atoms with Crippen molar-refractivity contribution >= 4 is 5.97 Å². The highest BCUT2D eigenvalue weighted by molar-refractivity contribution is 5.70. The van der Waals surface area contributed by atoms with Crippen LogP contribution in [0.15, 0.2) is 24.3 Å². The molecule has 0 aliphatic carbocycles. The summed E-state index contributed by atoms with van der Waals surface area (Å²) in [6, 6.07) is 0. The third-order valence-electron chi connectivity index (χ3n) is 3.57. The van der Waals surface area contributed by atoms with E-state index in [1.54, 1.807) is 0 Å². The van der Waals surface area contributed by atoms with Gasteiger partial charge in [0.25, 0.3) is 0 Å². The van der Waals surface area contributed by atoms with Crippen LogP contribution < -0.4 is 0 Å². The van der Waals surface area contributed by atoms with E-state index in [9.17, 15) is 4.79 Å². The van der Waals surface area contributed by atoms with Crippen LogP contribution in [0.4, 0.5) is 0 Å². The molecule has 2 heterocycles. The largest absolute Gasteiger partial charge is 0.463 e. The second kappa shape index (κ2) is 7.60. The summed E-state index contributed by atoms with van der Waals surface area (Å²) in [5.41, 5.74) is 0. The maximum Gasteiger partial charge on any atom is 0.308 e. The lowest BCUT2D eigenvalue weighted by molar-refractivity contribution is -0.156. The fourth-order valence-electron chi connectivity index (χ4n) is 2.53. The quantitative estimate of drug-likeness (QED) is 0.576. The molecule has 4 nitrogen and oxygen atoms in total. The highest BCUT2D eigenvalue weighted by Gasteiger charge is 2.30. The van der Waals surface area contributed by atoms with Crippen LogP contribution >= 0.6 is 0 Å². The van der Waals surface area contributed by atoms with Crippen LogP contribution in [-0.4, -0.2) is 37.0 Å². The zero-order chi connectivity index (χ0) is 14.4. The molecule has 0 saturated carbocycles. The van der Waals surface area contributed by atoms with E-state index in [0.29, 0.717) is 6.61 Å². The van der Waals surface area contributed by atoms with Gasteiger partial charge in [0.15, 0.2) is 0 Å². The molecule has 0 fully saturated rings. The molecule has 0 saturated heterocycles. The van der Waals surface area contributed by atoms with Crippen LogP contribution in [0.1, 0.15) is 39.5 Å². The normalized spacial score (nSPS) is 36.6. The van der Waals surface area contributed by atoms with Crippen molar-refractivity contribution in [1.82, 2.24) is 0 Å². The molecule has 4 heteroatoms. The van der Waals surface area contributed by atoms with E-state index in [0.717, 1.165) is 19.3 Å². The van der Waals surface area contributed by atoms with Crippen LogP contribution in [0.5, 0.6) is 0 Å². The van der Waals surface area contributed by atoms with Gasteiger partial charge < -0.3 is 14.2 Å². The number of fused-ring (bicyclic) bond motifs is 2. The molecule has 0 unspecified atom stereocenters. The number of cyclic esters (lactones) is 1. The molecule has 0 spiro atoms. The van der Waals surface area contributed by atoms with E-state index in [4.69, 9.17) is 14.2 Å². The Labute approximate surface area is 120 Å². The first-order valence-corrected chi connectivity index (χ1v) is 7.49. The van der Waals surface area contributed by atoms with Crippen LogP contribution in [-0.2, 0) is 19.0 Å². The lowest BCUT2D eigenvalue weighted by Gasteiger charge is -2.32. The predicted octanol–water partition coefficient (Wildman–Crippen LogP) is 2.78. The van der Waals surface area contributed by atoms with Gasteiger partial charge in [-0.1, -0.05) is 24.3 Å². The van der Waals surface area contributed by atoms with E-state index < -0.39 is 0 Å². The van der Waals surface area contributed by atoms with Gasteiger partial charge in [-0.15, -0.1) is 0 Å². The summed E-state index contributed by atoms with van der Waals surface area (Å²) in [5, 5.41) is 0. The number of carbonyl (C=O) groups excluding carboxylic acids is 1. The number of hydrogen-bond donors (Lipinski definition) is 0. The van der Waals surface area contributed by atoms with Gasteiger partial charge in [0, 0.05) is 6.61 Å². The first kappa shape index (κ1) is 15.3. The molecular weight excluding hydrogens is 256 g/mol. The topological polar surface area (TPSA) is 44.8 Å². The van der Waals surface area contributed by atoms with Crippen LogP contribution in [0.25, 0.3) is 0 Å². The van der Waals surface area contributed by atoms with Gasteiger partial charge in [0.1, 0.15) is 6.10 Å². The minimum Gasteiger partial charge on any atom is -0.463 e. The second-order valence-electron chi connectivity index (χ2n) is 5.31. The molecule has 0 aromatic carbocycles. The number of carbonyl (C=O) groups is 1. The summed E-state index contributed by atoms with van der Waals surface area (Å²) < 4.78 is 17.0. The van der Waals surface area contributed by atoms with Crippen molar-refractivity contribution in [2.45, 2.75) is 63.9 Å². The molecule has 2 bridgehead atoms.